The van der Waals surface area contributed by atoms with Crippen LogP contribution in [0.1, 0.15) is 31.6 Å². The zero-order chi connectivity index (χ0) is 14.8. The Balaban J connectivity index is 1.78. The number of hydrogen-bond donors (Lipinski definition) is 0. The highest BCUT2D eigenvalue weighted by Gasteiger charge is 2.29. The van der Waals surface area contributed by atoms with Gasteiger partial charge in [0.2, 0.25) is 5.91 Å². The molecule has 1 aliphatic rings. The number of hydrogen-bond acceptors (Lipinski definition) is 4. The standard InChI is InChI=1S/C16H20N2O2S/c1-11(21-2)16(19)18-9-5-6-12(10-18)15-17-13-7-3-4-8-14(13)20-15/h3-4,7-8,11-12H,5-6,9-10H2,1-2H3/t11-,12-/m0/s1. The summed E-state index contributed by atoms with van der Waals surface area (Å²) in [6.07, 6.45) is 4.02. The van der Waals surface area contributed by atoms with Crippen molar-refractivity contribution in [2.45, 2.75) is 30.9 Å². The largest absolute Gasteiger partial charge is 0.440 e. The molecule has 0 spiro atoms. The highest BCUT2D eigenvalue weighted by Crippen LogP contribution is 2.29. The summed E-state index contributed by atoms with van der Waals surface area (Å²) in [6.45, 7) is 3.53. The molecule has 1 aromatic heterocycles. The van der Waals surface area contributed by atoms with Crippen LogP contribution in [0, 0.1) is 0 Å². The average molecular weight is 304 g/mol. The zero-order valence-corrected chi connectivity index (χ0v) is 13.2. The highest BCUT2D eigenvalue weighted by molar-refractivity contribution is 7.99. The number of benzene rings is 1. The molecular weight excluding hydrogens is 284 g/mol. The van der Waals surface area contributed by atoms with Gasteiger partial charge in [0.1, 0.15) is 5.52 Å². The number of fused-ring (bicyclic) bond motifs is 1. The molecule has 0 N–H and O–H groups in total. The molecule has 0 aliphatic carbocycles. The Morgan fingerprint density at radius 2 is 2.29 bits per heavy atom. The van der Waals surface area contributed by atoms with Crippen LogP contribution >= 0.6 is 11.8 Å². The summed E-state index contributed by atoms with van der Waals surface area (Å²) in [5.74, 6) is 1.21. The second-order valence-corrected chi connectivity index (χ2v) is 6.70. The highest BCUT2D eigenvalue weighted by atomic mass is 32.2. The normalized spacial score (nSPS) is 20.7. The molecule has 112 valence electrons. The van der Waals surface area contributed by atoms with Gasteiger partial charge in [0.15, 0.2) is 11.5 Å². The summed E-state index contributed by atoms with van der Waals surface area (Å²) in [5, 5.41) is 0.0207. The molecule has 1 fully saturated rings. The summed E-state index contributed by atoms with van der Waals surface area (Å²) in [5.41, 5.74) is 1.72. The number of nitrogens with zero attached hydrogens (tertiary/aromatic N) is 2. The maximum atomic E-state index is 12.3. The van der Waals surface area contributed by atoms with Crippen molar-refractivity contribution in [2.75, 3.05) is 19.3 Å². The fraction of sp³-hybridized carbons (Fsp3) is 0.500. The summed E-state index contributed by atoms with van der Waals surface area (Å²) >= 11 is 1.60. The van der Waals surface area contributed by atoms with E-state index in [2.05, 4.69) is 4.98 Å². The Kier molecular flexibility index (Phi) is 4.19. The van der Waals surface area contributed by atoms with Crippen LogP contribution in [0.4, 0.5) is 0 Å². The summed E-state index contributed by atoms with van der Waals surface area (Å²) in [4.78, 5) is 18.9. The van der Waals surface area contributed by atoms with Crippen LogP contribution in [0.25, 0.3) is 11.1 Å². The topological polar surface area (TPSA) is 46.3 Å². The number of piperidine rings is 1. The monoisotopic (exact) mass is 304 g/mol. The first-order valence-corrected chi connectivity index (χ1v) is 8.65. The summed E-state index contributed by atoms with van der Waals surface area (Å²) in [7, 11) is 0. The second kappa shape index (κ2) is 6.10. The van der Waals surface area contributed by atoms with Gasteiger partial charge < -0.3 is 9.32 Å². The number of carbonyl (C=O) groups is 1. The number of thioether (sulfide) groups is 1. The van der Waals surface area contributed by atoms with E-state index in [4.69, 9.17) is 4.42 Å². The van der Waals surface area contributed by atoms with Crippen molar-refractivity contribution >= 4 is 28.8 Å². The van der Waals surface area contributed by atoms with Crippen molar-refractivity contribution in [2.24, 2.45) is 0 Å². The van der Waals surface area contributed by atoms with E-state index in [1.807, 2.05) is 42.3 Å². The van der Waals surface area contributed by atoms with Gasteiger partial charge in [-0.1, -0.05) is 12.1 Å². The Morgan fingerprint density at radius 1 is 1.48 bits per heavy atom. The minimum Gasteiger partial charge on any atom is -0.440 e. The third-order valence-corrected chi connectivity index (χ3v) is 5.00. The molecule has 2 heterocycles. The van der Waals surface area contributed by atoms with Crippen molar-refractivity contribution in [1.29, 1.82) is 0 Å². The minimum atomic E-state index is 0.0207. The number of rotatable bonds is 3. The molecule has 5 heteroatoms. The quantitative estimate of drug-likeness (QED) is 0.873. The van der Waals surface area contributed by atoms with Crippen molar-refractivity contribution in [3.05, 3.63) is 30.2 Å². The van der Waals surface area contributed by atoms with Crippen LogP contribution in [-0.2, 0) is 4.79 Å². The molecule has 1 saturated heterocycles. The first-order valence-electron chi connectivity index (χ1n) is 7.36. The van der Waals surface area contributed by atoms with Crippen molar-refractivity contribution in [3.8, 4) is 0 Å². The van der Waals surface area contributed by atoms with Crippen LogP contribution in [0.5, 0.6) is 0 Å². The lowest BCUT2D eigenvalue weighted by Crippen LogP contribution is -2.42. The van der Waals surface area contributed by atoms with Crippen molar-refractivity contribution in [3.63, 3.8) is 0 Å². The molecule has 0 saturated carbocycles. The number of likely N-dealkylation sites (tertiary alicyclic amines) is 1. The van der Waals surface area contributed by atoms with Gasteiger partial charge in [-0.25, -0.2) is 4.98 Å². The molecule has 0 bridgehead atoms. The van der Waals surface area contributed by atoms with Crippen molar-refractivity contribution < 1.29 is 9.21 Å². The predicted molar refractivity (Wildman–Crippen MR) is 85.5 cm³/mol. The number of oxazole rings is 1. The van der Waals surface area contributed by atoms with Gasteiger partial charge in [0, 0.05) is 13.1 Å². The Morgan fingerprint density at radius 3 is 3.05 bits per heavy atom. The van der Waals surface area contributed by atoms with E-state index in [1.165, 1.54) is 0 Å². The van der Waals surface area contributed by atoms with Gasteiger partial charge >= 0.3 is 0 Å². The number of amides is 1. The van der Waals surface area contributed by atoms with E-state index in [1.54, 1.807) is 11.8 Å². The molecule has 1 amide bonds. The van der Waals surface area contributed by atoms with Gasteiger partial charge in [0.25, 0.3) is 0 Å². The lowest BCUT2D eigenvalue weighted by atomic mass is 9.98. The number of carbonyl (C=O) groups excluding carboxylic acids is 1. The number of para-hydroxylation sites is 2. The fourth-order valence-electron chi connectivity index (χ4n) is 2.80. The molecule has 3 rings (SSSR count). The maximum Gasteiger partial charge on any atom is 0.235 e. The smallest absolute Gasteiger partial charge is 0.235 e. The molecule has 2 aromatic rings. The van der Waals surface area contributed by atoms with Crippen LogP contribution in [0.15, 0.2) is 28.7 Å². The first-order chi connectivity index (χ1) is 10.2. The predicted octanol–water partition coefficient (Wildman–Crippen LogP) is 3.29. The lowest BCUT2D eigenvalue weighted by molar-refractivity contribution is -0.131. The summed E-state index contributed by atoms with van der Waals surface area (Å²) < 4.78 is 5.87. The zero-order valence-electron chi connectivity index (χ0n) is 12.4. The van der Waals surface area contributed by atoms with Crippen LogP contribution in [0.2, 0.25) is 0 Å². The molecule has 21 heavy (non-hydrogen) atoms. The van der Waals surface area contributed by atoms with Crippen molar-refractivity contribution in [1.82, 2.24) is 9.88 Å². The van der Waals surface area contributed by atoms with E-state index in [9.17, 15) is 4.79 Å². The maximum absolute atomic E-state index is 12.3. The van der Waals surface area contributed by atoms with E-state index in [0.717, 1.165) is 42.9 Å². The molecule has 1 aliphatic heterocycles. The Hall–Kier alpha value is -1.49. The summed E-state index contributed by atoms with van der Waals surface area (Å²) in [6, 6.07) is 7.82. The van der Waals surface area contributed by atoms with E-state index < -0.39 is 0 Å². The SMILES string of the molecule is CS[C@@H](C)C(=O)N1CCC[C@H](c2nc3ccccc3o2)C1. The van der Waals surface area contributed by atoms with E-state index >= 15 is 0 Å². The number of aromatic nitrogens is 1. The average Bonchev–Trinajstić information content (AvgIpc) is 2.97. The molecule has 0 unspecified atom stereocenters. The Bertz CT molecular complexity index is 607. The molecule has 1 aromatic carbocycles. The lowest BCUT2D eigenvalue weighted by Gasteiger charge is -2.32. The Labute approximate surface area is 128 Å². The van der Waals surface area contributed by atoms with E-state index in [0.29, 0.717) is 0 Å². The van der Waals surface area contributed by atoms with E-state index in [-0.39, 0.29) is 17.1 Å². The van der Waals surface area contributed by atoms with Gasteiger partial charge in [-0.05, 0) is 38.2 Å². The third-order valence-electron chi connectivity index (χ3n) is 4.09. The molecular formula is C16H20N2O2S. The third kappa shape index (κ3) is 2.93. The van der Waals surface area contributed by atoms with Gasteiger partial charge in [-0.2, -0.15) is 11.8 Å². The van der Waals surface area contributed by atoms with Gasteiger partial charge in [-0.3, -0.25) is 4.79 Å². The van der Waals surface area contributed by atoms with Gasteiger partial charge in [0.05, 0.1) is 11.2 Å². The van der Waals surface area contributed by atoms with Crippen LogP contribution < -0.4 is 0 Å². The second-order valence-electron chi connectivity index (χ2n) is 5.52. The fourth-order valence-corrected chi connectivity index (χ4v) is 3.15. The molecule has 4 nitrogen and oxygen atoms in total. The van der Waals surface area contributed by atoms with Crippen LogP contribution in [-0.4, -0.2) is 40.4 Å². The minimum absolute atomic E-state index is 0.0207. The first kappa shape index (κ1) is 14.4. The molecule has 2 atom stereocenters. The molecule has 0 radical (unpaired) electrons. The van der Waals surface area contributed by atoms with Gasteiger partial charge in [-0.15, -0.1) is 0 Å². The van der Waals surface area contributed by atoms with Crippen LogP contribution in [0.3, 0.4) is 0 Å².